The molecular weight excluding hydrogens is 191 g/mol. The van der Waals surface area contributed by atoms with E-state index in [-0.39, 0.29) is 5.82 Å². The van der Waals surface area contributed by atoms with E-state index < -0.39 is 0 Å². The lowest BCUT2D eigenvalue weighted by Gasteiger charge is -2.10. The molecule has 2 heteroatoms. The molecule has 0 heterocycles. The number of ether oxygens (including phenoxy) is 1. The van der Waals surface area contributed by atoms with E-state index >= 15 is 0 Å². The molecule has 1 aromatic rings. The summed E-state index contributed by atoms with van der Waals surface area (Å²) in [6, 6.07) is 3.33. The van der Waals surface area contributed by atoms with Gasteiger partial charge in [0.15, 0.2) is 11.6 Å². The fourth-order valence-corrected chi connectivity index (χ4v) is 1.50. The van der Waals surface area contributed by atoms with Crippen LogP contribution in [0.15, 0.2) is 12.1 Å². The van der Waals surface area contributed by atoms with Crippen molar-refractivity contribution in [3.8, 4) is 18.1 Å². The van der Waals surface area contributed by atoms with Gasteiger partial charge in [0.2, 0.25) is 0 Å². The Morgan fingerprint density at radius 1 is 1.40 bits per heavy atom. The molecular formula is C13H15FO. The summed E-state index contributed by atoms with van der Waals surface area (Å²) >= 11 is 0. The van der Waals surface area contributed by atoms with Crippen molar-refractivity contribution in [2.45, 2.75) is 26.7 Å². The van der Waals surface area contributed by atoms with Crippen molar-refractivity contribution in [1.29, 1.82) is 0 Å². The van der Waals surface area contributed by atoms with Crippen LogP contribution in [0, 0.1) is 18.2 Å². The summed E-state index contributed by atoms with van der Waals surface area (Å²) < 4.78 is 19.1. The molecule has 0 unspecified atom stereocenters. The minimum absolute atomic E-state index is 0.292. The number of hydrogen-bond donors (Lipinski definition) is 0. The van der Waals surface area contributed by atoms with E-state index in [9.17, 15) is 4.39 Å². The summed E-state index contributed by atoms with van der Waals surface area (Å²) in [6.45, 7) is 4.28. The van der Waals surface area contributed by atoms with Gasteiger partial charge in [0, 0.05) is 11.1 Å². The molecule has 0 atom stereocenters. The maximum Gasteiger partial charge on any atom is 0.169 e. The Morgan fingerprint density at radius 3 is 2.67 bits per heavy atom. The Hall–Kier alpha value is -1.49. The van der Waals surface area contributed by atoms with Crippen LogP contribution in [0.25, 0.3) is 0 Å². The van der Waals surface area contributed by atoms with Crippen molar-refractivity contribution in [2.75, 3.05) is 6.61 Å². The van der Waals surface area contributed by atoms with Gasteiger partial charge in [0.1, 0.15) is 0 Å². The lowest BCUT2D eigenvalue weighted by molar-refractivity contribution is 0.320. The molecule has 0 aliphatic heterocycles. The Balaban J connectivity index is 3.17. The third kappa shape index (κ3) is 2.50. The monoisotopic (exact) mass is 206 g/mol. The number of rotatable bonds is 4. The SMILES string of the molecule is C#Cc1ccc(OCC)c(F)c1CCC. The first-order valence-corrected chi connectivity index (χ1v) is 5.15. The standard InChI is InChI=1S/C13H15FO/c1-4-7-11-10(5-2)8-9-12(13(11)14)15-6-3/h2,8-9H,4,6-7H2,1,3H3. The van der Waals surface area contributed by atoms with Gasteiger partial charge in [0.25, 0.3) is 0 Å². The average molecular weight is 206 g/mol. The van der Waals surface area contributed by atoms with E-state index in [2.05, 4.69) is 5.92 Å². The van der Waals surface area contributed by atoms with Crippen LogP contribution in [-0.4, -0.2) is 6.61 Å². The molecule has 0 radical (unpaired) electrons. The van der Waals surface area contributed by atoms with Crippen LogP contribution in [0.4, 0.5) is 4.39 Å². The maximum atomic E-state index is 13.9. The molecule has 0 saturated heterocycles. The quantitative estimate of drug-likeness (QED) is 0.687. The van der Waals surface area contributed by atoms with Crippen molar-refractivity contribution in [3.05, 3.63) is 29.1 Å². The van der Waals surface area contributed by atoms with Gasteiger partial charge < -0.3 is 4.74 Å². The highest BCUT2D eigenvalue weighted by Crippen LogP contribution is 2.24. The van der Waals surface area contributed by atoms with Gasteiger partial charge in [0.05, 0.1) is 6.61 Å². The zero-order valence-electron chi connectivity index (χ0n) is 9.14. The van der Waals surface area contributed by atoms with Gasteiger partial charge in [-0.1, -0.05) is 19.3 Å². The molecule has 0 spiro atoms. The van der Waals surface area contributed by atoms with Crippen LogP contribution in [0.5, 0.6) is 5.75 Å². The van der Waals surface area contributed by atoms with E-state index in [0.717, 1.165) is 6.42 Å². The second-order valence-corrected chi connectivity index (χ2v) is 3.23. The first-order valence-electron chi connectivity index (χ1n) is 5.15. The van der Waals surface area contributed by atoms with E-state index in [1.54, 1.807) is 12.1 Å². The molecule has 15 heavy (non-hydrogen) atoms. The molecule has 1 nitrogen and oxygen atoms in total. The third-order valence-corrected chi connectivity index (χ3v) is 2.16. The molecule has 0 saturated carbocycles. The molecule has 1 aromatic carbocycles. The van der Waals surface area contributed by atoms with Gasteiger partial charge in [-0.25, -0.2) is 4.39 Å². The lowest BCUT2D eigenvalue weighted by Crippen LogP contribution is -2.01. The van der Waals surface area contributed by atoms with Crippen LogP contribution < -0.4 is 4.74 Å². The number of hydrogen-bond acceptors (Lipinski definition) is 1. The highest BCUT2D eigenvalue weighted by atomic mass is 19.1. The van der Waals surface area contributed by atoms with Crippen LogP contribution >= 0.6 is 0 Å². The van der Waals surface area contributed by atoms with Crippen LogP contribution in [-0.2, 0) is 6.42 Å². The lowest BCUT2D eigenvalue weighted by atomic mass is 10.0. The van der Waals surface area contributed by atoms with Gasteiger partial charge in [-0.15, -0.1) is 6.42 Å². The Kier molecular flexibility index (Phi) is 4.17. The van der Waals surface area contributed by atoms with Crippen molar-refractivity contribution in [2.24, 2.45) is 0 Å². The smallest absolute Gasteiger partial charge is 0.169 e. The largest absolute Gasteiger partial charge is 0.491 e. The first kappa shape index (κ1) is 11.6. The Morgan fingerprint density at radius 2 is 2.13 bits per heavy atom. The van der Waals surface area contributed by atoms with Gasteiger partial charge in [-0.3, -0.25) is 0 Å². The molecule has 0 fully saturated rings. The number of benzene rings is 1. The van der Waals surface area contributed by atoms with Crippen molar-refractivity contribution in [3.63, 3.8) is 0 Å². The summed E-state index contributed by atoms with van der Waals surface area (Å²) in [5.74, 6) is 2.48. The van der Waals surface area contributed by atoms with E-state index in [1.807, 2.05) is 13.8 Å². The average Bonchev–Trinajstić information content (AvgIpc) is 2.25. The topological polar surface area (TPSA) is 9.23 Å². The normalized spacial score (nSPS) is 9.73. The fourth-order valence-electron chi connectivity index (χ4n) is 1.50. The summed E-state index contributed by atoms with van der Waals surface area (Å²) in [6.07, 6.45) is 6.82. The number of terminal acetylenes is 1. The molecule has 0 aliphatic carbocycles. The minimum atomic E-state index is -0.311. The third-order valence-electron chi connectivity index (χ3n) is 2.16. The Labute approximate surface area is 90.3 Å². The van der Waals surface area contributed by atoms with Crippen molar-refractivity contribution >= 4 is 0 Å². The summed E-state index contributed by atoms with van der Waals surface area (Å²) in [7, 11) is 0. The highest BCUT2D eigenvalue weighted by Gasteiger charge is 2.12. The van der Waals surface area contributed by atoms with Gasteiger partial charge in [-0.2, -0.15) is 0 Å². The highest BCUT2D eigenvalue weighted by molar-refractivity contribution is 5.45. The van der Waals surface area contributed by atoms with E-state index in [4.69, 9.17) is 11.2 Å². The maximum absolute atomic E-state index is 13.9. The predicted molar refractivity (Wildman–Crippen MR) is 59.5 cm³/mol. The zero-order chi connectivity index (χ0) is 11.3. The second-order valence-electron chi connectivity index (χ2n) is 3.23. The van der Waals surface area contributed by atoms with E-state index in [0.29, 0.717) is 29.9 Å². The van der Waals surface area contributed by atoms with Crippen LogP contribution in [0.1, 0.15) is 31.4 Å². The molecule has 0 N–H and O–H groups in total. The summed E-state index contributed by atoms with van der Waals surface area (Å²) in [5, 5.41) is 0. The van der Waals surface area contributed by atoms with Crippen molar-refractivity contribution in [1.82, 2.24) is 0 Å². The summed E-state index contributed by atoms with van der Waals surface area (Å²) in [5.41, 5.74) is 1.21. The minimum Gasteiger partial charge on any atom is -0.491 e. The predicted octanol–water partition coefficient (Wildman–Crippen LogP) is 3.16. The Bertz CT molecular complexity index is 377. The molecule has 0 amide bonds. The van der Waals surface area contributed by atoms with Gasteiger partial charge in [-0.05, 0) is 25.5 Å². The zero-order valence-corrected chi connectivity index (χ0v) is 9.14. The van der Waals surface area contributed by atoms with Crippen LogP contribution in [0.2, 0.25) is 0 Å². The van der Waals surface area contributed by atoms with Crippen LogP contribution in [0.3, 0.4) is 0 Å². The fraction of sp³-hybridized carbons (Fsp3) is 0.385. The molecule has 0 bridgehead atoms. The molecule has 1 rings (SSSR count). The molecule has 80 valence electrons. The van der Waals surface area contributed by atoms with Crippen molar-refractivity contribution < 1.29 is 9.13 Å². The van der Waals surface area contributed by atoms with E-state index in [1.165, 1.54) is 0 Å². The second kappa shape index (κ2) is 5.41. The van der Waals surface area contributed by atoms with Gasteiger partial charge >= 0.3 is 0 Å². The molecule has 0 aliphatic rings. The number of halogens is 1. The summed E-state index contributed by atoms with van der Waals surface area (Å²) in [4.78, 5) is 0. The first-order chi connectivity index (χ1) is 7.24. The molecule has 0 aromatic heterocycles.